The Balaban J connectivity index is 1.98. The number of ether oxygens (including phenoxy) is 1. The number of hydrogen-bond acceptors (Lipinski definition) is 4. The molecule has 0 bridgehead atoms. The molecule has 1 aliphatic heterocycles. The Bertz CT molecular complexity index is 419. The summed E-state index contributed by atoms with van der Waals surface area (Å²) in [6, 6.07) is 7.72. The summed E-state index contributed by atoms with van der Waals surface area (Å²) >= 11 is 0. The Morgan fingerprint density at radius 1 is 1.47 bits per heavy atom. The first-order chi connectivity index (χ1) is 9.24. The van der Waals surface area contributed by atoms with Gasteiger partial charge >= 0.3 is 0 Å². The molecule has 1 atom stereocenters. The molecule has 1 saturated heterocycles. The molecule has 1 amide bonds. The van der Waals surface area contributed by atoms with Crippen molar-refractivity contribution in [3.63, 3.8) is 0 Å². The van der Waals surface area contributed by atoms with E-state index in [2.05, 4.69) is 5.32 Å². The quantitative estimate of drug-likeness (QED) is 0.802. The van der Waals surface area contributed by atoms with Gasteiger partial charge in [0.1, 0.15) is 5.75 Å². The van der Waals surface area contributed by atoms with Crippen molar-refractivity contribution in [2.75, 3.05) is 33.3 Å². The van der Waals surface area contributed by atoms with Crippen LogP contribution in [-0.4, -0.2) is 50.1 Å². The van der Waals surface area contributed by atoms with Gasteiger partial charge in [-0.3, -0.25) is 4.79 Å². The number of carbonyl (C=O) groups excluding carboxylic acids is 1. The van der Waals surface area contributed by atoms with Crippen LogP contribution in [0.3, 0.4) is 0 Å². The molecule has 1 heterocycles. The van der Waals surface area contributed by atoms with Crippen LogP contribution in [0.25, 0.3) is 0 Å². The van der Waals surface area contributed by atoms with Crippen molar-refractivity contribution in [1.29, 1.82) is 0 Å². The van der Waals surface area contributed by atoms with E-state index in [-0.39, 0.29) is 11.9 Å². The summed E-state index contributed by atoms with van der Waals surface area (Å²) in [4.78, 5) is 14.2. The molecule has 0 spiro atoms. The number of nitrogens with one attached hydrogen (secondary N) is 1. The van der Waals surface area contributed by atoms with E-state index in [0.717, 1.165) is 30.9 Å². The molecule has 1 aliphatic rings. The third-order valence-electron chi connectivity index (χ3n) is 3.46. The molecule has 1 unspecified atom stereocenters. The number of benzene rings is 1. The lowest BCUT2D eigenvalue weighted by Crippen LogP contribution is -2.56. The monoisotopic (exact) mass is 263 g/mol. The number of carbonyl (C=O) groups is 1. The van der Waals surface area contributed by atoms with Gasteiger partial charge < -0.3 is 20.7 Å². The number of rotatable bonds is 4. The summed E-state index contributed by atoms with van der Waals surface area (Å²) in [5.41, 5.74) is 6.71. The molecule has 1 fully saturated rings. The number of hydrogen-bond donors (Lipinski definition) is 2. The molecule has 0 aromatic heterocycles. The zero-order chi connectivity index (χ0) is 13.7. The van der Waals surface area contributed by atoms with E-state index in [4.69, 9.17) is 10.5 Å². The van der Waals surface area contributed by atoms with Gasteiger partial charge in [-0.1, -0.05) is 12.1 Å². The maximum Gasteiger partial charge on any atom is 0.227 e. The highest BCUT2D eigenvalue weighted by Gasteiger charge is 2.25. The van der Waals surface area contributed by atoms with Gasteiger partial charge in [0.05, 0.1) is 19.6 Å². The van der Waals surface area contributed by atoms with Crippen LogP contribution in [-0.2, 0) is 11.2 Å². The Morgan fingerprint density at radius 3 is 2.84 bits per heavy atom. The van der Waals surface area contributed by atoms with Crippen molar-refractivity contribution in [2.45, 2.75) is 12.5 Å². The molecule has 1 aromatic rings. The summed E-state index contributed by atoms with van der Waals surface area (Å²) in [5, 5.41) is 3.26. The summed E-state index contributed by atoms with van der Waals surface area (Å²) in [7, 11) is 1.63. The lowest BCUT2D eigenvalue weighted by molar-refractivity contribution is -0.133. The van der Waals surface area contributed by atoms with Gasteiger partial charge in [0.2, 0.25) is 5.91 Å². The minimum absolute atomic E-state index is 0.111. The van der Waals surface area contributed by atoms with Crippen LogP contribution in [0.15, 0.2) is 24.3 Å². The molecular weight excluding hydrogens is 242 g/mol. The van der Waals surface area contributed by atoms with Gasteiger partial charge in [0.15, 0.2) is 0 Å². The topological polar surface area (TPSA) is 67.6 Å². The highest BCUT2D eigenvalue weighted by molar-refractivity contribution is 5.79. The lowest BCUT2D eigenvalue weighted by Gasteiger charge is -2.35. The Labute approximate surface area is 113 Å². The van der Waals surface area contributed by atoms with Crippen molar-refractivity contribution in [3.05, 3.63) is 29.8 Å². The van der Waals surface area contributed by atoms with Crippen LogP contribution in [0.2, 0.25) is 0 Å². The molecule has 0 radical (unpaired) electrons. The fourth-order valence-electron chi connectivity index (χ4n) is 2.32. The van der Waals surface area contributed by atoms with Crippen molar-refractivity contribution in [1.82, 2.24) is 10.2 Å². The first-order valence-electron chi connectivity index (χ1n) is 6.57. The zero-order valence-corrected chi connectivity index (χ0v) is 11.3. The molecule has 5 heteroatoms. The molecule has 1 aromatic carbocycles. The fourth-order valence-corrected chi connectivity index (χ4v) is 2.32. The average Bonchev–Trinajstić information content (AvgIpc) is 2.48. The van der Waals surface area contributed by atoms with E-state index in [1.807, 2.05) is 29.2 Å². The van der Waals surface area contributed by atoms with Crippen LogP contribution in [0.5, 0.6) is 5.75 Å². The van der Waals surface area contributed by atoms with Gasteiger partial charge in [-0.05, 0) is 17.7 Å². The second-order valence-electron chi connectivity index (χ2n) is 4.71. The van der Waals surface area contributed by atoms with Gasteiger partial charge in [-0.25, -0.2) is 0 Å². The predicted octanol–water partition coefficient (Wildman–Crippen LogP) is -0.00320. The van der Waals surface area contributed by atoms with Crippen LogP contribution >= 0.6 is 0 Å². The maximum absolute atomic E-state index is 12.3. The predicted molar refractivity (Wildman–Crippen MR) is 74.1 cm³/mol. The highest BCUT2D eigenvalue weighted by Crippen LogP contribution is 2.13. The van der Waals surface area contributed by atoms with Gasteiger partial charge in [-0.2, -0.15) is 0 Å². The largest absolute Gasteiger partial charge is 0.497 e. The van der Waals surface area contributed by atoms with Gasteiger partial charge in [0, 0.05) is 26.2 Å². The van der Waals surface area contributed by atoms with E-state index in [0.29, 0.717) is 13.0 Å². The first-order valence-corrected chi connectivity index (χ1v) is 6.57. The molecule has 0 aliphatic carbocycles. The summed E-state index contributed by atoms with van der Waals surface area (Å²) in [5.74, 6) is 0.945. The maximum atomic E-state index is 12.3. The molecule has 0 saturated carbocycles. The number of piperazine rings is 1. The number of nitrogens with two attached hydrogens (primary N) is 1. The molecular formula is C14H21N3O2. The third kappa shape index (κ3) is 3.45. The fraction of sp³-hybridized carbons (Fsp3) is 0.500. The van der Waals surface area contributed by atoms with Crippen LogP contribution in [0, 0.1) is 0 Å². The molecule has 19 heavy (non-hydrogen) atoms. The summed E-state index contributed by atoms with van der Waals surface area (Å²) in [6.45, 7) is 2.86. The summed E-state index contributed by atoms with van der Waals surface area (Å²) in [6.07, 6.45) is 0.417. The first kappa shape index (κ1) is 13.8. The standard InChI is InChI=1S/C14H21N3O2/c1-19-13-4-2-11(3-5-13)8-14(18)17-7-6-16-10-12(17)9-15/h2-5,12,16H,6-10,15H2,1H3. The van der Waals surface area contributed by atoms with Gasteiger partial charge in [-0.15, -0.1) is 0 Å². The molecule has 2 rings (SSSR count). The van der Waals surface area contributed by atoms with Crippen molar-refractivity contribution in [3.8, 4) is 5.75 Å². The van der Waals surface area contributed by atoms with Crippen LogP contribution < -0.4 is 15.8 Å². The van der Waals surface area contributed by atoms with Gasteiger partial charge in [0.25, 0.3) is 0 Å². The third-order valence-corrected chi connectivity index (χ3v) is 3.46. The van der Waals surface area contributed by atoms with Crippen molar-refractivity contribution < 1.29 is 9.53 Å². The number of methoxy groups -OCH3 is 1. The number of amides is 1. The zero-order valence-electron chi connectivity index (χ0n) is 11.3. The van der Waals surface area contributed by atoms with Crippen LogP contribution in [0.4, 0.5) is 0 Å². The molecule has 5 nitrogen and oxygen atoms in total. The van der Waals surface area contributed by atoms with Crippen molar-refractivity contribution >= 4 is 5.91 Å². The van der Waals surface area contributed by atoms with Crippen LogP contribution in [0.1, 0.15) is 5.56 Å². The second kappa shape index (κ2) is 6.54. The van der Waals surface area contributed by atoms with E-state index in [9.17, 15) is 4.79 Å². The SMILES string of the molecule is COc1ccc(CC(=O)N2CCNCC2CN)cc1. The number of nitrogens with zero attached hydrogens (tertiary/aromatic N) is 1. The smallest absolute Gasteiger partial charge is 0.227 e. The molecule has 3 N–H and O–H groups in total. The Hall–Kier alpha value is -1.59. The summed E-state index contributed by atoms with van der Waals surface area (Å²) < 4.78 is 5.10. The van der Waals surface area contributed by atoms with E-state index in [1.54, 1.807) is 7.11 Å². The molecule has 104 valence electrons. The van der Waals surface area contributed by atoms with E-state index < -0.39 is 0 Å². The highest BCUT2D eigenvalue weighted by atomic mass is 16.5. The average molecular weight is 263 g/mol. The Morgan fingerprint density at radius 2 is 2.21 bits per heavy atom. The second-order valence-corrected chi connectivity index (χ2v) is 4.71. The minimum atomic E-state index is 0.111. The minimum Gasteiger partial charge on any atom is -0.497 e. The van der Waals surface area contributed by atoms with Crippen molar-refractivity contribution in [2.24, 2.45) is 5.73 Å². The lowest BCUT2D eigenvalue weighted by atomic mass is 10.1. The van der Waals surface area contributed by atoms with E-state index in [1.165, 1.54) is 0 Å². The normalized spacial score (nSPS) is 19.3. The van der Waals surface area contributed by atoms with E-state index >= 15 is 0 Å². The Kier molecular flexibility index (Phi) is 4.76.